The van der Waals surface area contributed by atoms with Gasteiger partial charge >= 0.3 is 5.15 Å². The van der Waals surface area contributed by atoms with Gasteiger partial charge in [0.1, 0.15) is 0 Å². The molecule has 0 N–H and O–H groups in total. The third-order valence-corrected chi connectivity index (χ3v) is 2.12. The van der Waals surface area contributed by atoms with Crippen molar-refractivity contribution in [2.24, 2.45) is 0 Å². The molecule has 0 saturated carbocycles. The Balaban J connectivity index is 3.14. The predicted octanol–water partition coefficient (Wildman–Crippen LogP) is 3.19. The molecule has 0 aliphatic carbocycles. The second-order valence-electron chi connectivity index (χ2n) is 2.05. The monoisotopic (exact) mass is 248 g/mol. The number of halogens is 5. The van der Waals surface area contributed by atoms with Gasteiger partial charge in [-0.25, -0.2) is 0 Å². The van der Waals surface area contributed by atoms with E-state index in [-0.39, 0.29) is 9.94 Å². The first-order valence-electron chi connectivity index (χ1n) is 2.86. The molecule has 1 rings (SSSR count). The third kappa shape index (κ3) is 2.36. The maximum atomic E-state index is 12.5. The van der Waals surface area contributed by atoms with Crippen molar-refractivity contribution in [3.63, 3.8) is 0 Å². The Morgan fingerprint density at radius 1 is 1.33 bits per heavy atom. The first kappa shape index (κ1) is 10.3. The normalized spacial score (nSPS) is 11.8. The summed E-state index contributed by atoms with van der Waals surface area (Å²) in [6.07, 6.45) is 1.07. The fourth-order valence-electron chi connectivity index (χ4n) is 0.631. The zero-order valence-electron chi connectivity index (χ0n) is 5.57. The van der Waals surface area contributed by atoms with E-state index < -0.39 is 3.79 Å². The van der Waals surface area contributed by atoms with Crippen LogP contribution in [-0.2, 0) is 3.79 Å². The van der Waals surface area contributed by atoms with E-state index in [0.29, 0.717) is 5.56 Å². The number of hydrogen-bond acceptors (Lipinski definition) is 0. The molecule has 1 heterocycles. The van der Waals surface area contributed by atoms with Gasteiger partial charge in [0.25, 0.3) is 0 Å². The van der Waals surface area contributed by atoms with Crippen LogP contribution >= 0.6 is 46.4 Å². The van der Waals surface area contributed by atoms with Crippen LogP contribution in [0.5, 0.6) is 0 Å². The molecule has 6 heteroatoms. The van der Waals surface area contributed by atoms with E-state index in [9.17, 15) is 4.48 Å². The van der Waals surface area contributed by atoms with Crippen LogP contribution in [0.3, 0.4) is 0 Å². The molecule has 12 heavy (non-hydrogen) atoms. The van der Waals surface area contributed by atoms with E-state index in [4.69, 9.17) is 46.4 Å². The Bertz CT molecular complexity index is 296. The van der Waals surface area contributed by atoms with E-state index in [0.717, 1.165) is 6.20 Å². The lowest BCUT2D eigenvalue weighted by Gasteiger charge is -2.08. The summed E-state index contributed by atoms with van der Waals surface area (Å²) in [5.74, 6) is 0. The molecule has 0 radical (unpaired) electrons. The first-order valence-corrected chi connectivity index (χ1v) is 4.37. The summed E-state index contributed by atoms with van der Waals surface area (Å²) in [7, 11) is 0. The van der Waals surface area contributed by atoms with Crippen LogP contribution in [0.2, 0.25) is 5.15 Å². The molecular weight excluding hydrogens is 247 g/mol. The van der Waals surface area contributed by atoms with Crippen molar-refractivity contribution in [3.8, 4) is 0 Å². The van der Waals surface area contributed by atoms with Crippen LogP contribution in [0.1, 0.15) is 5.56 Å². The standard InChI is InChI=1S/C6H3Cl4FN/c7-5-3-4(6(8,9)10)1-2-12(5)11/h1-3H/q+1. The van der Waals surface area contributed by atoms with Crippen molar-refractivity contribution in [2.75, 3.05) is 0 Å². The number of aromatic nitrogens is 1. The Kier molecular flexibility index (Phi) is 3.05. The predicted molar refractivity (Wildman–Crippen MR) is 47.4 cm³/mol. The summed E-state index contributed by atoms with van der Waals surface area (Å²) in [4.78, 5) is 0.224. The van der Waals surface area contributed by atoms with Crippen LogP contribution in [0, 0.1) is 0 Å². The zero-order valence-corrected chi connectivity index (χ0v) is 8.59. The Morgan fingerprint density at radius 3 is 2.33 bits per heavy atom. The van der Waals surface area contributed by atoms with E-state index >= 15 is 0 Å². The van der Waals surface area contributed by atoms with Gasteiger partial charge < -0.3 is 0 Å². The smallest absolute Gasteiger partial charge is 0.0784 e. The molecule has 0 bridgehead atoms. The second kappa shape index (κ2) is 3.54. The van der Waals surface area contributed by atoms with Gasteiger partial charge in [-0.05, 0) is 11.6 Å². The highest BCUT2D eigenvalue weighted by Gasteiger charge is 2.25. The topological polar surface area (TPSA) is 3.88 Å². The van der Waals surface area contributed by atoms with Gasteiger partial charge in [-0.1, -0.05) is 34.8 Å². The Hall–Kier alpha value is 0.240. The molecule has 1 nitrogen and oxygen atoms in total. The van der Waals surface area contributed by atoms with Crippen molar-refractivity contribution >= 4 is 46.4 Å². The molecule has 0 fully saturated rings. The zero-order chi connectivity index (χ0) is 9.35. The lowest BCUT2D eigenvalue weighted by Crippen LogP contribution is -2.23. The number of rotatable bonds is 0. The summed E-state index contributed by atoms with van der Waals surface area (Å²) in [6.45, 7) is 0. The average molecular weight is 250 g/mol. The molecule has 66 valence electrons. The van der Waals surface area contributed by atoms with Crippen LogP contribution in [0.25, 0.3) is 0 Å². The minimum absolute atomic E-state index is 0.140. The molecule has 0 aliphatic heterocycles. The SMILES string of the molecule is F[n+]1ccc(C(Cl)(Cl)Cl)cc1Cl. The molecule has 0 amide bonds. The van der Waals surface area contributed by atoms with Gasteiger partial charge in [-0.2, -0.15) is 0 Å². The quantitative estimate of drug-likeness (QED) is 0.491. The highest BCUT2D eigenvalue weighted by atomic mass is 35.6. The molecule has 0 aromatic carbocycles. The number of nitrogens with zero attached hydrogens (tertiary/aromatic N) is 1. The maximum Gasteiger partial charge on any atom is 0.322 e. The molecule has 0 aliphatic rings. The largest absolute Gasteiger partial charge is 0.322 e. The van der Waals surface area contributed by atoms with E-state index in [2.05, 4.69) is 0 Å². The highest BCUT2D eigenvalue weighted by molar-refractivity contribution is 6.66. The minimum Gasteiger partial charge on any atom is -0.0784 e. The van der Waals surface area contributed by atoms with Gasteiger partial charge in [0.2, 0.25) is 9.99 Å². The fourth-order valence-corrected chi connectivity index (χ4v) is 1.16. The van der Waals surface area contributed by atoms with Crippen molar-refractivity contribution in [2.45, 2.75) is 3.79 Å². The van der Waals surface area contributed by atoms with Crippen molar-refractivity contribution < 1.29 is 9.27 Å². The lowest BCUT2D eigenvalue weighted by molar-refractivity contribution is -0.842. The lowest BCUT2D eigenvalue weighted by atomic mass is 10.3. The van der Waals surface area contributed by atoms with Crippen LogP contribution in [0.15, 0.2) is 18.3 Å². The summed E-state index contributed by atoms with van der Waals surface area (Å²) in [5, 5.41) is -0.140. The van der Waals surface area contributed by atoms with Gasteiger partial charge in [0.15, 0.2) is 0 Å². The molecule has 1 aromatic heterocycles. The van der Waals surface area contributed by atoms with Crippen molar-refractivity contribution in [1.82, 2.24) is 0 Å². The fraction of sp³-hybridized carbons (Fsp3) is 0.167. The van der Waals surface area contributed by atoms with Gasteiger partial charge in [-0.15, -0.1) is 0 Å². The van der Waals surface area contributed by atoms with Crippen LogP contribution in [-0.4, -0.2) is 0 Å². The molecule has 1 aromatic rings. The third-order valence-electron chi connectivity index (χ3n) is 1.19. The number of pyridine rings is 1. The Morgan fingerprint density at radius 2 is 1.92 bits per heavy atom. The van der Waals surface area contributed by atoms with Crippen LogP contribution in [0.4, 0.5) is 4.48 Å². The van der Waals surface area contributed by atoms with E-state index in [1.807, 2.05) is 0 Å². The highest BCUT2D eigenvalue weighted by Crippen LogP contribution is 2.38. The number of hydrogen-bond donors (Lipinski definition) is 0. The van der Waals surface area contributed by atoms with E-state index in [1.165, 1.54) is 12.1 Å². The molecule has 0 unspecified atom stereocenters. The van der Waals surface area contributed by atoms with E-state index in [1.54, 1.807) is 0 Å². The van der Waals surface area contributed by atoms with Gasteiger partial charge in [0, 0.05) is 22.5 Å². The Labute approximate surface area is 88.5 Å². The summed E-state index contributed by atoms with van der Waals surface area (Å²) in [5.41, 5.74) is 0.325. The van der Waals surface area contributed by atoms with Gasteiger partial charge in [-0.3, -0.25) is 0 Å². The summed E-state index contributed by atoms with van der Waals surface area (Å²) >= 11 is 22.0. The molecule has 0 atom stereocenters. The van der Waals surface area contributed by atoms with Crippen LogP contribution < -0.4 is 4.79 Å². The summed E-state index contributed by atoms with van der Waals surface area (Å²) in [6, 6.07) is 2.58. The molecule has 0 saturated heterocycles. The summed E-state index contributed by atoms with van der Waals surface area (Å²) < 4.78 is 11.0. The van der Waals surface area contributed by atoms with Gasteiger partial charge in [0.05, 0.1) is 4.48 Å². The van der Waals surface area contributed by atoms with Crippen molar-refractivity contribution in [3.05, 3.63) is 29.0 Å². The molecule has 0 spiro atoms. The number of alkyl halides is 3. The van der Waals surface area contributed by atoms with Crippen molar-refractivity contribution in [1.29, 1.82) is 0 Å². The average Bonchev–Trinajstić information content (AvgIpc) is 1.92. The second-order valence-corrected chi connectivity index (χ2v) is 4.72. The first-order chi connectivity index (χ1) is 5.41. The maximum absolute atomic E-state index is 12.5. The minimum atomic E-state index is -1.57. The molecular formula is C6H3Cl4FN+.